The minimum Gasteiger partial charge on any atom is -0.381 e. The zero-order chi connectivity index (χ0) is 21.3. The molecule has 1 fully saturated rings. The topological polar surface area (TPSA) is 72.3 Å². The van der Waals surface area contributed by atoms with Crippen LogP contribution in [0.1, 0.15) is 67.3 Å². The molecule has 2 aliphatic heterocycles. The Balaban J connectivity index is 1.58. The second-order valence-electron chi connectivity index (χ2n) is 9.11. The Hall–Kier alpha value is -2.25. The highest BCUT2D eigenvalue weighted by molar-refractivity contribution is 5.93. The third kappa shape index (κ3) is 4.14. The van der Waals surface area contributed by atoms with Crippen molar-refractivity contribution >= 4 is 5.91 Å². The second-order valence-corrected chi connectivity index (χ2v) is 9.11. The van der Waals surface area contributed by atoms with Crippen LogP contribution in [0, 0.1) is 6.92 Å². The van der Waals surface area contributed by atoms with E-state index in [0.29, 0.717) is 11.7 Å². The van der Waals surface area contributed by atoms with E-state index in [1.54, 1.807) is 0 Å². The minimum atomic E-state index is -0.271. The Kier molecular flexibility index (Phi) is 5.93. The Bertz CT molecular complexity index is 914. The van der Waals surface area contributed by atoms with E-state index >= 15 is 0 Å². The zero-order valence-corrected chi connectivity index (χ0v) is 18.6. The van der Waals surface area contributed by atoms with Gasteiger partial charge in [-0.1, -0.05) is 24.3 Å². The lowest BCUT2D eigenvalue weighted by Gasteiger charge is -2.38. The van der Waals surface area contributed by atoms with Crippen molar-refractivity contribution in [3.05, 3.63) is 40.7 Å². The summed E-state index contributed by atoms with van der Waals surface area (Å²) >= 11 is 0. The maximum atomic E-state index is 12.7. The quantitative estimate of drug-likeness (QED) is 0.819. The molecule has 0 saturated carbocycles. The maximum absolute atomic E-state index is 12.7. The molecule has 2 aliphatic rings. The average molecular weight is 412 g/mol. The van der Waals surface area contributed by atoms with Gasteiger partial charge in [0.15, 0.2) is 5.69 Å². The first kappa shape index (κ1) is 21.0. The summed E-state index contributed by atoms with van der Waals surface area (Å²) in [4.78, 5) is 15.3. The lowest BCUT2D eigenvalue weighted by Crippen LogP contribution is -2.43. The first-order chi connectivity index (χ1) is 14.4. The van der Waals surface area contributed by atoms with Crippen LogP contribution >= 0.6 is 0 Å². The molecule has 7 heteroatoms. The molecule has 0 bridgehead atoms. The molecule has 7 nitrogen and oxygen atoms in total. The highest BCUT2D eigenvalue weighted by Crippen LogP contribution is 2.29. The molecule has 0 atom stereocenters. The van der Waals surface area contributed by atoms with Gasteiger partial charge in [0.1, 0.15) is 0 Å². The summed E-state index contributed by atoms with van der Waals surface area (Å²) in [5.41, 5.74) is 4.60. The summed E-state index contributed by atoms with van der Waals surface area (Å²) in [7, 11) is 0. The molecule has 0 aliphatic carbocycles. The number of hydrogen-bond donors (Lipinski definition) is 1. The first-order valence-corrected chi connectivity index (χ1v) is 11.1. The van der Waals surface area contributed by atoms with Gasteiger partial charge in [-0.3, -0.25) is 9.69 Å². The van der Waals surface area contributed by atoms with Gasteiger partial charge in [-0.15, -0.1) is 5.10 Å². The summed E-state index contributed by atoms with van der Waals surface area (Å²) in [5, 5.41) is 11.6. The smallest absolute Gasteiger partial charge is 0.274 e. The van der Waals surface area contributed by atoms with Crippen LogP contribution in [-0.4, -0.2) is 57.1 Å². The van der Waals surface area contributed by atoms with Crippen molar-refractivity contribution in [2.24, 2.45) is 0 Å². The molecule has 0 radical (unpaired) electrons. The Morgan fingerprint density at radius 1 is 1.30 bits per heavy atom. The van der Waals surface area contributed by atoms with Gasteiger partial charge in [0.05, 0.1) is 11.4 Å². The minimum absolute atomic E-state index is 0.166. The van der Waals surface area contributed by atoms with Gasteiger partial charge in [0.25, 0.3) is 5.91 Å². The number of ether oxygens (including phenoxy) is 1. The highest BCUT2D eigenvalue weighted by Gasteiger charge is 2.28. The molecule has 4 rings (SSSR count). The van der Waals surface area contributed by atoms with Gasteiger partial charge >= 0.3 is 0 Å². The Labute approximate surface area is 178 Å². The van der Waals surface area contributed by atoms with E-state index in [9.17, 15) is 4.79 Å². The molecule has 1 aromatic carbocycles. The molecular formula is C23H33N5O2. The van der Waals surface area contributed by atoms with E-state index in [1.807, 2.05) is 25.5 Å². The Morgan fingerprint density at radius 3 is 2.80 bits per heavy atom. The summed E-state index contributed by atoms with van der Waals surface area (Å²) in [6, 6.07) is 7.00. The largest absolute Gasteiger partial charge is 0.381 e. The van der Waals surface area contributed by atoms with Crippen LogP contribution in [0.15, 0.2) is 18.2 Å². The van der Waals surface area contributed by atoms with Crippen LogP contribution in [0.4, 0.5) is 0 Å². The fourth-order valence-corrected chi connectivity index (χ4v) is 4.39. The van der Waals surface area contributed by atoms with Gasteiger partial charge in [-0.2, -0.15) is 0 Å². The van der Waals surface area contributed by atoms with Gasteiger partial charge in [0.2, 0.25) is 0 Å². The van der Waals surface area contributed by atoms with E-state index in [0.717, 1.165) is 63.4 Å². The summed E-state index contributed by atoms with van der Waals surface area (Å²) < 4.78 is 7.36. The SMILES string of the molecule is CCC(C)(C)NC(=O)c1nnn(-c2cccc3c2CCN(C2CCOCC2)C3)c1C. The number of amides is 1. The predicted octanol–water partition coefficient (Wildman–Crippen LogP) is 3.03. The normalized spacial score (nSPS) is 18.3. The van der Waals surface area contributed by atoms with E-state index < -0.39 is 0 Å². The fraction of sp³-hybridized carbons (Fsp3) is 0.609. The second kappa shape index (κ2) is 8.47. The standard InChI is InChI=1S/C23H33N5O2/c1-5-23(3,4)24-22(29)21-16(2)28(26-25-21)20-8-6-7-17-15-27(12-9-19(17)20)18-10-13-30-14-11-18/h6-8,18H,5,9-15H2,1-4H3,(H,24,29). The van der Waals surface area contributed by atoms with Crippen molar-refractivity contribution < 1.29 is 9.53 Å². The number of carbonyl (C=O) groups is 1. The van der Waals surface area contributed by atoms with Gasteiger partial charge < -0.3 is 10.1 Å². The molecular weight excluding hydrogens is 378 g/mol. The third-order valence-corrected chi connectivity index (χ3v) is 6.65. The van der Waals surface area contributed by atoms with Crippen molar-refractivity contribution in [2.75, 3.05) is 19.8 Å². The molecule has 2 aromatic rings. The first-order valence-electron chi connectivity index (χ1n) is 11.1. The molecule has 0 spiro atoms. The van der Waals surface area contributed by atoms with Crippen LogP contribution in [0.25, 0.3) is 5.69 Å². The molecule has 162 valence electrons. The maximum Gasteiger partial charge on any atom is 0.274 e. The van der Waals surface area contributed by atoms with Crippen molar-refractivity contribution in [2.45, 2.75) is 71.5 Å². The Morgan fingerprint density at radius 2 is 2.07 bits per heavy atom. The van der Waals surface area contributed by atoms with Crippen molar-refractivity contribution in [1.82, 2.24) is 25.2 Å². The van der Waals surface area contributed by atoms with Crippen LogP contribution in [0.5, 0.6) is 0 Å². The molecule has 1 N–H and O–H groups in total. The van der Waals surface area contributed by atoms with E-state index in [2.05, 4.69) is 45.7 Å². The molecule has 0 unspecified atom stereocenters. The van der Waals surface area contributed by atoms with Crippen LogP contribution in [0.2, 0.25) is 0 Å². The average Bonchev–Trinajstić information content (AvgIpc) is 3.14. The van der Waals surface area contributed by atoms with Gasteiger partial charge in [0, 0.05) is 37.9 Å². The lowest BCUT2D eigenvalue weighted by atomic mass is 9.95. The van der Waals surface area contributed by atoms with Crippen molar-refractivity contribution in [1.29, 1.82) is 0 Å². The molecule has 1 aromatic heterocycles. The number of nitrogens with one attached hydrogen (secondary N) is 1. The molecule has 1 saturated heterocycles. The number of nitrogens with zero attached hydrogens (tertiary/aromatic N) is 4. The summed E-state index contributed by atoms with van der Waals surface area (Å²) in [6.07, 6.45) is 4.06. The number of fused-ring (bicyclic) bond motifs is 1. The van der Waals surface area contributed by atoms with Crippen molar-refractivity contribution in [3.63, 3.8) is 0 Å². The molecule has 3 heterocycles. The van der Waals surface area contributed by atoms with E-state index in [1.165, 1.54) is 11.1 Å². The van der Waals surface area contributed by atoms with E-state index in [-0.39, 0.29) is 11.4 Å². The number of rotatable bonds is 5. The fourth-order valence-electron chi connectivity index (χ4n) is 4.39. The van der Waals surface area contributed by atoms with Crippen LogP contribution < -0.4 is 5.32 Å². The van der Waals surface area contributed by atoms with Gasteiger partial charge in [-0.05, 0) is 63.6 Å². The monoisotopic (exact) mass is 411 g/mol. The van der Waals surface area contributed by atoms with Crippen molar-refractivity contribution in [3.8, 4) is 5.69 Å². The number of benzene rings is 1. The number of hydrogen-bond acceptors (Lipinski definition) is 5. The summed E-state index contributed by atoms with van der Waals surface area (Å²) in [5.74, 6) is -0.166. The number of carbonyl (C=O) groups excluding carboxylic acids is 1. The zero-order valence-electron chi connectivity index (χ0n) is 18.6. The predicted molar refractivity (Wildman–Crippen MR) is 116 cm³/mol. The van der Waals surface area contributed by atoms with Gasteiger partial charge in [-0.25, -0.2) is 4.68 Å². The third-order valence-electron chi connectivity index (χ3n) is 6.65. The van der Waals surface area contributed by atoms with Crippen LogP contribution in [0.3, 0.4) is 0 Å². The van der Waals surface area contributed by atoms with Crippen LogP contribution in [-0.2, 0) is 17.7 Å². The highest BCUT2D eigenvalue weighted by atomic mass is 16.5. The summed E-state index contributed by atoms with van der Waals surface area (Å²) in [6.45, 7) is 11.7. The number of aromatic nitrogens is 3. The molecule has 1 amide bonds. The lowest BCUT2D eigenvalue weighted by molar-refractivity contribution is 0.0290. The molecule has 30 heavy (non-hydrogen) atoms. The van der Waals surface area contributed by atoms with E-state index in [4.69, 9.17) is 4.74 Å².